The van der Waals surface area contributed by atoms with Crippen molar-refractivity contribution in [3.8, 4) is 0 Å². The van der Waals surface area contributed by atoms with Gasteiger partial charge in [-0.25, -0.2) is 0 Å². The van der Waals surface area contributed by atoms with Crippen molar-refractivity contribution in [3.05, 3.63) is 0 Å². The van der Waals surface area contributed by atoms with Crippen LogP contribution in [0.3, 0.4) is 0 Å². The summed E-state index contributed by atoms with van der Waals surface area (Å²) in [7, 11) is 0. The van der Waals surface area contributed by atoms with E-state index < -0.39 is 12.0 Å². The number of hydrogen-bond acceptors (Lipinski definition) is 3. The summed E-state index contributed by atoms with van der Waals surface area (Å²) in [6, 6.07) is -0.515. The molecule has 1 aliphatic rings. The second kappa shape index (κ2) is 6.73. The lowest BCUT2D eigenvalue weighted by atomic mass is 9.91. The van der Waals surface area contributed by atoms with E-state index in [4.69, 9.17) is 0 Å². The molecule has 0 spiro atoms. The fourth-order valence-electron chi connectivity index (χ4n) is 2.70. The number of hydrogen-bond donors (Lipinski definition) is 1. The van der Waals surface area contributed by atoms with E-state index in [0.717, 1.165) is 12.8 Å². The molecule has 0 aromatic rings. The third-order valence-electron chi connectivity index (χ3n) is 3.74. The van der Waals surface area contributed by atoms with E-state index in [0.29, 0.717) is 19.6 Å². The highest BCUT2D eigenvalue weighted by Crippen LogP contribution is 2.23. The van der Waals surface area contributed by atoms with Gasteiger partial charge in [-0.3, -0.25) is 14.5 Å². The molecule has 5 nitrogen and oxygen atoms in total. The number of aliphatic carboxylic acids is 1. The minimum atomic E-state index is -0.811. The van der Waals surface area contributed by atoms with Crippen LogP contribution in [0.25, 0.3) is 0 Å². The monoisotopic (exact) mass is 256 g/mol. The Kier molecular flexibility index (Phi) is 5.59. The smallest absolute Gasteiger partial charge is 0.321 e. The number of likely N-dealkylation sites (N-methyl/N-ethyl adjacent to an activating group) is 1. The third kappa shape index (κ3) is 3.45. The Hall–Kier alpha value is -1.10. The van der Waals surface area contributed by atoms with Gasteiger partial charge in [-0.15, -0.1) is 0 Å². The molecule has 5 heteroatoms. The first-order valence-electron chi connectivity index (χ1n) is 6.75. The van der Waals surface area contributed by atoms with Gasteiger partial charge in [-0.2, -0.15) is 0 Å². The second-order valence-corrected chi connectivity index (χ2v) is 4.94. The highest BCUT2D eigenvalue weighted by molar-refractivity contribution is 5.80. The van der Waals surface area contributed by atoms with Crippen LogP contribution in [-0.2, 0) is 9.59 Å². The third-order valence-corrected chi connectivity index (χ3v) is 3.74. The SMILES string of the molecule is CCN(CC)C(=O)CN1CCCC(C)C1C(=O)O. The van der Waals surface area contributed by atoms with Crippen LogP contribution >= 0.6 is 0 Å². The lowest BCUT2D eigenvalue weighted by Gasteiger charge is -2.37. The Labute approximate surface area is 109 Å². The van der Waals surface area contributed by atoms with Gasteiger partial charge < -0.3 is 10.0 Å². The van der Waals surface area contributed by atoms with Crippen molar-refractivity contribution in [1.82, 2.24) is 9.80 Å². The fraction of sp³-hybridized carbons (Fsp3) is 0.846. The van der Waals surface area contributed by atoms with Crippen molar-refractivity contribution in [2.24, 2.45) is 5.92 Å². The molecule has 2 atom stereocenters. The minimum absolute atomic E-state index is 0.0281. The van der Waals surface area contributed by atoms with Crippen molar-refractivity contribution < 1.29 is 14.7 Å². The normalized spacial score (nSPS) is 24.8. The highest BCUT2D eigenvalue weighted by Gasteiger charge is 2.35. The molecule has 0 aliphatic carbocycles. The molecule has 0 radical (unpaired) electrons. The summed E-state index contributed by atoms with van der Waals surface area (Å²) >= 11 is 0. The van der Waals surface area contributed by atoms with E-state index in [-0.39, 0.29) is 18.4 Å². The molecule has 0 aromatic heterocycles. The fourth-order valence-corrected chi connectivity index (χ4v) is 2.70. The molecule has 1 fully saturated rings. The molecule has 1 rings (SSSR count). The molecule has 0 aromatic carbocycles. The van der Waals surface area contributed by atoms with Crippen molar-refractivity contribution in [2.45, 2.75) is 39.7 Å². The molecule has 1 heterocycles. The lowest BCUT2D eigenvalue weighted by Crippen LogP contribution is -2.52. The molecule has 1 N–H and O–H groups in total. The first-order valence-corrected chi connectivity index (χ1v) is 6.75. The molecule has 1 saturated heterocycles. The van der Waals surface area contributed by atoms with Gasteiger partial charge >= 0.3 is 5.97 Å². The molecular weight excluding hydrogens is 232 g/mol. The van der Waals surface area contributed by atoms with Gasteiger partial charge in [-0.05, 0) is 39.2 Å². The van der Waals surface area contributed by atoms with Crippen LogP contribution in [0.15, 0.2) is 0 Å². The molecule has 1 aliphatic heterocycles. The van der Waals surface area contributed by atoms with Gasteiger partial charge in [0, 0.05) is 13.1 Å². The Morgan fingerprint density at radius 3 is 2.44 bits per heavy atom. The highest BCUT2D eigenvalue weighted by atomic mass is 16.4. The largest absolute Gasteiger partial charge is 0.480 e. The quantitative estimate of drug-likeness (QED) is 0.798. The zero-order valence-corrected chi connectivity index (χ0v) is 11.6. The Balaban J connectivity index is 2.68. The van der Waals surface area contributed by atoms with E-state index >= 15 is 0 Å². The summed E-state index contributed by atoms with van der Waals surface area (Å²) in [6.45, 7) is 8.11. The van der Waals surface area contributed by atoms with Gasteiger partial charge in [0.2, 0.25) is 5.91 Å². The van der Waals surface area contributed by atoms with Gasteiger partial charge in [-0.1, -0.05) is 6.92 Å². The summed E-state index contributed by atoms with van der Waals surface area (Å²) in [5.41, 5.74) is 0. The Morgan fingerprint density at radius 1 is 1.33 bits per heavy atom. The standard InChI is InChI=1S/C13H24N2O3/c1-4-14(5-2)11(16)9-15-8-6-7-10(3)12(15)13(17)18/h10,12H,4-9H2,1-3H3,(H,17,18). The average molecular weight is 256 g/mol. The van der Waals surface area contributed by atoms with Gasteiger partial charge in [0.25, 0.3) is 0 Å². The molecule has 0 bridgehead atoms. The van der Waals surface area contributed by atoms with Crippen molar-refractivity contribution >= 4 is 11.9 Å². The lowest BCUT2D eigenvalue weighted by molar-refractivity contribution is -0.148. The van der Waals surface area contributed by atoms with Crippen LogP contribution in [0.5, 0.6) is 0 Å². The van der Waals surface area contributed by atoms with Crippen LogP contribution in [0.2, 0.25) is 0 Å². The van der Waals surface area contributed by atoms with Crippen LogP contribution in [0.4, 0.5) is 0 Å². The zero-order chi connectivity index (χ0) is 13.7. The van der Waals surface area contributed by atoms with Gasteiger partial charge in [0.1, 0.15) is 6.04 Å². The van der Waals surface area contributed by atoms with Crippen LogP contribution in [0, 0.1) is 5.92 Å². The number of likely N-dealkylation sites (tertiary alicyclic amines) is 1. The number of carboxylic acids is 1. The van der Waals surface area contributed by atoms with Gasteiger partial charge in [0.05, 0.1) is 6.54 Å². The number of nitrogens with zero attached hydrogens (tertiary/aromatic N) is 2. The number of carbonyl (C=O) groups is 2. The topological polar surface area (TPSA) is 60.9 Å². The minimum Gasteiger partial charge on any atom is -0.480 e. The summed E-state index contributed by atoms with van der Waals surface area (Å²) in [4.78, 5) is 26.9. The average Bonchev–Trinajstić information content (AvgIpc) is 2.30. The predicted molar refractivity (Wildman–Crippen MR) is 69.3 cm³/mol. The Morgan fingerprint density at radius 2 is 1.94 bits per heavy atom. The summed E-state index contributed by atoms with van der Waals surface area (Å²) in [6.07, 6.45) is 1.89. The van der Waals surface area contributed by atoms with Crippen LogP contribution in [0.1, 0.15) is 33.6 Å². The van der Waals surface area contributed by atoms with E-state index in [2.05, 4.69) is 0 Å². The number of rotatable bonds is 5. The molecular formula is C13H24N2O3. The summed E-state index contributed by atoms with van der Waals surface area (Å²) in [5, 5.41) is 9.28. The summed E-state index contributed by atoms with van der Waals surface area (Å²) < 4.78 is 0. The van der Waals surface area contributed by atoms with E-state index in [1.54, 1.807) is 4.90 Å². The maximum atomic E-state index is 12.0. The van der Waals surface area contributed by atoms with E-state index in [1.165, 1.54) is 0 Å². The first kappa shape index (κ1) is 15.0. The number of carboxylic acid groups (broad SMARTS) is 1. The van der Waals surface area contributed by atoms with Crippen LogP contribution < -0.4 is 0 Å². The number of piperidine rings is 1. The molecule has 2 unspecified atom stereocenters. The Bertz CT molecular complexity index is 303. The maximum Gasteiger partial charge on any atom is 0.321 e. The van der Waals surface area contributed by atoms with Crippen LogP contribution in [-0.4, -0.2) is 59.0 Å². The number of amides is 1. The van der Waals surface area contributed by atoms with Crippen molar-refractivity contribution in [2.75, 3.05) is 26.2 Å². The second-order valence-electron chi connectivity index (χ2n) is 4.94. The zero-order valence-electron chi connectivity index (χ0n) is 11.6. The van der Waals surface area contributed by atoms with E-state index in [1.807, 2.05) is 25.7 Å². The molecule has 1 amide bonds. The molecule has 104 valence electrons. The van der Waals surface area contributed by atoms with Crippen molar-refractivity contribution in [1.29, 1.82) is 0 Å². The summed E-state index contributed by atoms with van der Waals surface area (Å²) in [5.74, 6) is -0.671. The van der Waals surface area contributed by atoms with Gasteiger partial charge in [0.15, 0.2) is 0 Å². The van der Waals surface area contributed by atoms with Crippen molar-refractivity contribution in [3.63, 3.8) is 0 Å². The first-order chi connectivity index (χ1) is 8.51. The maximum absolute atomic E-state index is 12.0. The predicted octanol–water partition coefficient (Wildman–Crippen LogP) is 1.04. The molecule has 18 heavy (non-hydrogen) atoms. The molecule has 0 saturated carbocycles. The number of carbonyl (C=O) groups excluding carboxylic acids is 1. The van der Waals surface area contributed by atoms with E-state index in [9.17, 15) is 14.7 Å².